The van der Waals surface area contributed by atoms with Crippen molar-refractivity contribution < 1.29 is 8.42 Å². The minimum absolute atomic E-state index is 0.210. The Labute approximate surface area is 155 Å². The van der Waals surface area contributed by atoms with Crippen LogP contribution in [0.2, 0.25) is 0 Å². The predicted molar refractivity (Wildman–Crippen MR) is 105 cm³/mol. The molecular weight excluding hydrogens is 348 g/mol. The van der Waals surface area contributed by atoms with Gasteiger partial charge in [0.2, 0.25) is 5.96 Å². The maximum absolute atomic E-state index is 11.8. The highest BCUT2D eigenvalue weighted by molar-refractivity contribution is 7.94. The summed E-state index contributed by atoms with van der Waals surface area (Å²) in [4.78, 5) is 4.51. The summed E-state index contributed by atoms with van der Waals surface area (Å²) in [6, 6.07) is 6.46. The van der Waals surface area contributed by atoms with Crippen molar-refractivity contribution in [2.45, 2.75) is 49.1 Å². The number of nitrogens with two attached hydrogens (primary N) is 1. The van der Waals surface area contributed by atoms with Gasteiger partial charge in [-0.05, 0) is 42.7 Å². The van der Waals surface area contributed by atoms with Gasteiger partial charge in [-0.25, -0.2) is 13.4 Å². The Hall–Kier alpha value is -2.12. The van der Waals surface area contributed by atoms with Crippen molar-refractivity contribution in [2.75, 3.05) is 5.32 Å². The van der Waals surface area contributed by atoms with Gasteiger partial charge in [0.1, 0.15) is 5.66 Å². The minimum atomic E-state index is -3.42. The fourth-order valence-corrected chi connectivity index (χ4v) is 4.26. The van der Waals surface area contributed by atoms with Crippen molar-refractivity contribution >= 4 is 21.5 Å². The van der Waals surface area contributed by atoms with Gasteiger partial charge < -0.3 is 16.4 Å². The fraction of sp³-hybridized carbons (Fsp3) is 0.421. The maximum atomic E-state index is 11.8. The van der Waals surface area contributed by atoms with Gasteiger partial charge in [0.05, 0.1) is 4.90 Å². The number of anilines is 1. The van der Waals surface area contributed by atoms with Gasteiger partial charge in [0, 0.05) is 17.3 Å². The molecule has 1 heterocycles. The van der Waals surface area contributed by atoms with Gasteiger partial charge in [-0.3, -0.25) is 0 Å². The van der Waals surface area contributed by atoms with Crippen LogP contribution in [0.1, 0.15) is 38.5 Å². The lowest BCUT2D eigenvalue weighted by atomic mass is 9.82. The number of guanidine groups is 1. The average Bonchev–Trinajstić information content (AvgIpc) is 2.63. The smallest absolute Gasteiger partial charge is 0.202 e. The van der Waals surface area contributed by atoms with Crippen LogP contribution in [0.4, 0.5) is 5.69 Å². The SMILES string of the molecule is C=CS(=O)(=O)c1ccc(NC2=NC=CC(N)(CC3CCCCC3)N2)cc1. The lowest BCUT2D eigenvalue weighted by molar-refractivity contribution is 0.276. The Morgan fingerprint density at radius 2 is 1.96 bits per heavy atom. The van der Waals surface area contributed by atoms with Gasteiger partial charge in [0.15, 0.2) is 9.84 Å². The number of aliphatic imine (C=N–C) groups is 1. The first kappa shape index (κ1) is 18.7. The van der Waals surface area contributed by atoms with E-state index >= 15 is 0 Å². The lowest BCUT2D eigenvalue weighted by Crippen LogP contribution is -2.58. The first-order chi connectivity index (χ1) is 12.4. The number of nitrogens with zero attached hydrogens (tertiary/aromatic N) is 1. The Bertz CT molecular complexity index is 808. The van der Waals surface area contributed by atoms with E-state index in [1.807, 2.05) is 6.08 Å². The molecule has 1 aliphatic carbocycles. The highest BCUT2D eigenvalue weighted by Gasteiger charge is 2.30. The molecule has 0 bridgehead atoms. The van der Waals surface area contributed by atoms with Crippen LogP contribution in [0, 0.1) is 5.92 Å². The van der Waals surface area contributed by atoms with Crippen molar-refractivity contribution in [3.05, 3.63) is 48.5 Å². The highest BCUT2D eigenvalue weighted by atomic mass is 32.2. The molecule has 0 amide bonds. The number of hydrogen-bond acceptors (Lipinski definition) is 6. The van der Waals surface area contributed by atoms with Crippen molar-refractivity contribution in [2.24, 2.45) is 16.6 Å². The lowest BCUT2D eigenvalue weighted by Gasteiger charge is -2.35. The third-order valence-corrected chi connectivity index (χ3v) is 6.31. The Balaban J connectivity index is 1.64. The molecule has 26 heavy (non-hydrogen) atoms. The molecule has 1 unspecified atom stereocenters. The predicted octanol–water partition coefficient (Wildman–Crippen LogP) is 3.11. The molecule has 6 nitrogen and oxygen atoms in total. The van der Waals surface area contributed by atoms with Crippen LogP contribution in [0.15, 0.2) is 58.4 Å². The molecule has 1 fully saturated rings. The van der Waals surface area contributed by atoms with E-state index in [1.54, 1.807) is 18.3 Å². The van der Waals surface area contributed by atoms with Crippen LogP contribution < -0.4 is 16.4 Å². The zero-order valence-electron chi connectivity index (χ0n) is 14.8. The summed E-state index contributed by atoms with van der Waals surface area (Å²) in [5.74, 6) is 1.19. The molecule has 7 heteroatoms. The summed E-state index contributed by atoms with van der Waals surface area (Å²) in [6.45, 7) is 3.33. The monoisotopic (exact) mass is 374 g/mol. The normalized spacial score (nSPS) is 23.8. The van der Waals surface area contributed by atoms with Crippen LogP contribution in [0.25, 0.3) is 0 Å². The number of nitrogens with one attached hydrogen (secondary N) is 2. The number of sulfone groups is 1. The van der Waals surface area contributed by atoms with E-state index in [-0.39, 0.29) is 4.90 Å². The molecule has 3 rings (SSSR count). The molecule has 0 radical (unpaired) electrons. The van der Waals surface area contributed by atoms with Crippen LogP contribution in [0.5, 0.6) is 0 Å². The Morgan fingerprint density at radius 3 is 2.62 bits per heavy atom. The van der Waals surface area contributed by atoms with Crippen molar-refractivity contribution in [1.29, 1.82) is 0 Å². The van der Waals surface area contributed by atoms with Gasteiger partial charge in [-0.1, -0.05) is 38.7 Å². The van der Waals surface area contributed by atoms with E-state index in [0.717, 1.165) is 17.5 Å². The minimum Gasteiger partial charge on any atom is -0.334 e. The fourth-order valence-electron chi connectivity index (χ4n) is 3.55. The van der Waals surface area contributed by atoms with E-state index in [0.29, 0.717) is 11.9 Å². The second-order valence-electron chi connectivity index (χ2n) is 7.03. The van der Waals surface area contributed by atoms with Crippen molar-refractivity contribution in [1.82, 2.24) is 5.32 Å². The number of hydrogen-bond donors (Lipinski definition) is 3. The molecular formula is C19H26N4O2S. The first-order valence-corrected chi connectivity index (χ1v) is 10.5. The second kappa shape index (κ2) is 7.63. The largest absolute Gasteiger partial charge is 0.334 e. The molecule has 4 N–H and O–H groups in total. The van der Waals surface area contributed by atoms with E-state index in [1.165, 1.54) is 44.2 Å². The molecule has 1 aromatic carbocycles. The molecule has 1 atom stereocenters. The third kappa shape index (κ3) is 4.53. The van der Waals surface area contributed by atoms with Gasteiger partial charge in [-0.2, -0.15) is 0 Å². The molecule has 1 aliphatic heterocycles. The molecule has 0 aromatic heterocycles. The molecule has 0 spiro atoms. The maximum Gasteiger partial charge on any atom is 0.202 e. The van der Waals surface area contributed by atoms with Crippen LogP contribution in [0.3, 0.4) is 0 Å². The summed E-state index contributed by atoms with van der Waals surface area (Å²) >= 11 is 0. The van der Waals surface area contributed by atoms with Crippen molar-refractivity contribution in [3.8, 4) is 0 Å². The molecule has 140 valence electrons. The summed E-state index contributed by atoms with van der Waals surface area (Å²) < 4.78 is 23.6. The number of benzene rings is 1. The zero-order chi connectivity index (χ0) is 18.6. The topological polar surface area (TPSA) is 96.6 Å². The molecule has 0 saturated heterocycles. The first-order valence-electron chi connectivity index (χ1n) is 8.97. The van der Waals surface area contributed by atoms with Gasteiger partial charge in [0.25, 0.3) is 0 Å². The van der Waals surface area contributed by atoms with Crippen LogP contribution >= 0.6 is 0 Å². The van der Waals surface area contributed by atoms with E-state index in [4.69, 9.17) is 5.73 Å². The van der Waals surface area contributed by atoms with E-state index < -0.39 is 15.5 Å². The van der Waals surface area contributed by atoms with Crippen LogP contribution in [-0.2, 0) is 9.84 Å². The average molecular weight is 375 g/mol. The highest BCUT2D eigenvalue weighted by Crippen LogP contribution is 2.30. The van der Waals surface area contributed by atoms with E-state index in [9.17, 15) is 8.42 Å². The second-order valence-corrected chi connectivity index (χ2v) is 8.92. The quantitative estimate of drug-likeness (QED) is 0.736. The standard InChI is InChI=1S/C19H26N4O2S/c1-2-26(24,25)17-10-8-16(9-11-17)22-18-21-13-12-19(20,23-18)14-15-6-4-3-5-7-15/h2,8-13,15H,1,3-7,14,20H2,(H2,21,22,23). The van der Waals surface area contributed by atoms with E-state index in [2.05, 4.69) is 22.2 Å². The third-order valence-electron chi connectivity index (χ3n) is 4.94. The van der Waals surface area contributed by atoms with Gasteiger partial charge in [-0.15, -0.1) is 0 Å². The summed E-state index contributed by atoms with van der Waals surface area (Å²) in [5.41, 5.74) is 6.64. The van der Waals surface area contributed by atoms with Gasteiger partial charge >= 0.3 is 0 Å². The summed E-state index contributed by atoms with van der Waals surface area (Å²) in [5, 5.41) is 7.38. The Kier molecular flexibility index (Phi) is 5.48. The molecule has 2 aliphatic rings. The molecule has 1 saturated carbocycles. The number of rotatable bonds is 5. The van der Waals surface area contributed by atoms with Crippen LogP contribution in [-0.4, -0.2) is 20.0 Å². The Morgan fingerprint density at radius 1 is 1.27 bits per heavy atom. The molecule has 1 aromatic rings. The summed E-state index contributed by atoms with van der Waals surface area (Å²) in [7, 11) is -3.42. The van der Waals surface area contributed by atoms with Crippen molar-refractivity contribution in [3.63, 3.8) is 0 Å². The summed E-state index contributed by atoms with van der Waals surface area (Å²) in [6.07, 6.45) is 10.9. The zero-order valence-corrected chi connectivity index (χ0v) is 15.6.